The van der Waals surface area contributed by atoms with E-state index in [2.05, 4.69) is 31.8 Å². The first-order valence-corrected chi connectivity index (χ1v) is 16.0. The van der Waals surface area contributed by atoms with E-state index < -0.39 is 48.2 Å². The number of aromatic nitrogens is 2. The lowest BCUT2D eigenvalue weighted by Gasteiger charge is -2.43. The van der Waals surface area contributed by atoms with Crippen LogP contribution in [0.3, 0.4) is 0 Å². The Morgan fingerprint density at radius 1 is 1.24 bits per heavy atom. The molecule has 1 aliphatic carbocycles. The molecule has 4 aliphatic rings. The van der Waals surface area contributed by atoms with E-state index in [-0.39, 0.29) is 37.1 Å². The highest BCUT2D eigenvalue weighted by Gasteiger charge is 2.50. The summed E-state index contributed by atoms with van der Waals surface area (Å²) < 4.78 is 32.0. The molecule has 11 nitrogen and oxygen atoms in total. The van der Waals surface area contributed by atoms with Crippen LogP contribution >= 0.6 is 0 Å². The van der Waals surface area contributed by atoms with Crippen LogP contribution in [0.4, 0.5) is 0 Å². The first kappa shape index (κ1) is 33.5. The predicted octanol–water partition coefficient (Wildman–Crippen LogP) is 3.35. The summed E-state index contributed by atoms with van der Waals surface area (Å²) in [6.45, 7) is 9.95. The largest absolute Gasteiger partial charge is 0.456 e. The van der Waals surface area contributed by atoms with Crippen LogP contribution in [0.25, 0.3) is 6.08 Å². The second-order valence-corrected chi connectivity index (χ2v) is 13.6. The van der Waals surface area contributed by atoms with Gasteiger partial charge in [0, 0.05) is 32.2 Å². The van der Waals surface area contributed by atoms with E-state index in [1.165, 1.54) is 18.6 Å². The molecule has 248 valence electrons. The second kappa shape index (κ2) is 13.9. The molecule has 45 heavy (non-hydrogen) atoms. The number of hydrogen-bond donors (Lipinski definition) is 2. The molecular weight excluding hydrogens is 580 g/mol. The van der Waals surface area contributed by atoms with Gasteiger partial charge in [-0.25, -0.2) is 9.78 Å². The van der Waals surface area contributed by atoms with Crippen LogP contribution < -0.4 is 0 Å². The Morgan fingerprint density at radius 3 is 2.71 bits per heavy atom. The fraction of sp³-hybridized carbons (Fsp3) is 0.676. The molecule has 1 aromatic rings. The third-order valence-corrected chi connectivity index (χ3v) is 9.95. The lowest BCUT2D eigenvalue weighted by molar-refractivity contribution is -0.279. The third kappa shape index (κ3) is 7.60. The van der Waals surface area contributed by atoms with E-state index in [4.69, 9.17) is 23.7 Å². The van der Waals surface area contributed by atoms with E-state index >= 15 is 0 Å². The SMILES string of the molecule is CC(=O)O[C@@H]1[C@H](OC[C@H]2C[C@@H]3[C@@H](C(C)C)CC=C(C)[C@@H]3C[C@H](OC(=O)/C=C/c3cn(C)cn3)[C@]3(C)C=C[C@@H]2O3)OC[C@@H](O)[C@@H]1O. The number of rotatable bonds is 8. The number of carbonyl (C=O) groups is 2. The Morgan fingerprint density at radius 2 is 2.02 bits per heavy atom. The molecule has 2 bridgehead atoms. The molecule has 2 saturated heterocycles. The predicted molar refractivity (Wildman–Crippen MR) is 164 cm³/mol. The van der Waals surface area contributed by atoms with Crippen LogP contribution in [0, 0.1) is 29.6 Å². The quantitative estimate of drug-likeness (QED) is 0.250. The first-order valence-electron chi connectivity index (χ1n) is 16.0. The smallest absolute Gasteiger partial charge is 0.331 e. The average molecular weight is 629 g/mol. The fourth-order valence-corrected chi connectivity index (χ4v) is 7.42. The molecule has 4 heterocycles. The van der Waals surface area contributed by atoms with Gasteiger partial charge in [-0.05, 0) is 62.9 Å². The van der Waals surface area contributed by atoms with Crippen LogP contribution in [0.15, 0.2) is 42.4 Å². The number of carbonyl (C=O) groups excluding carboxylic acids is 2. The first-order chi connectivity index (χ1) is 21.3. The van der Waals surface area contributed by atoms with Gasteiger partial charge in [-0.15, -0.1) is 0 Å². The summed E-state index contributed by atoms with van der Waals surface area (Å²) in [7, 11) is 1.87. The molecule has 0 unspecified atom stereocenters. The number of aliphatic hydroxyl groups is 2. The number of nitrogens with zero attached hydrogens (tertiary/aromatic N) is 2. The maximum absolute atomic E-state index is 13.2. The van der Waals surface area contributed by atoms with Gasteiger partial charge in [0.1, 0.15) is 23.9 Å². The number of allylic oxidation sites excluding steroid dienone is 2. The van der Waals surface area contributed by atoms with E-state index in [0.717, 1.165) is 12.8 Å². The van der Waals surface area contributed by atoms with E-state index in [0.29, 0.717) is 24.0 Å². The van der Waals surface area contributed by atoms with Gasteiger partial charge in [0.2, 0.25) is 0 Å². The van der Waals surface area contributed by atoms with Crippen molar-refractivity contribution in [3.63, 3.8) is 0 Å². The summed E-state index contributed by atoms with van der Waals surface area (Å²) >= 11 is 0. The maximum atomic E-state index is 13.2. The van der Waals surface area contributed by atoms with Gasteiger partial charge < -0.3 is 38.5 Å². The van der Waals surface area contributed by atoms with Crippen molar-refractivity contribution < 1.29 is 43.5 Å². The Kier molecular flexibility index (Phi) is 10.3. The van der Waals surface area contributed by atoms with Crippen molar-refractivity contribution in [1.82, 2.24) is 9.55 Å². The Balaban J connectivity index is 1.40. The zero-order valence-corrected chi connectivity index (χ0v) is 27.1. The van der Waals surface area contributed by atoms with Gasteiger partial charge in [0.25, 0.3) is 0 Å². The summed E-state index contributed by atoms with van der Waals surface area (Å²) in [6, 6.07) is 0. The molecule has 0 aromatic carbocycles. The van der Waals surface area contributed by atoms with Crippen LogP contribution in [-0.4, -0.2) is 87.3 Å². The van der Waals surface area contributed by atoms with Crippen molar-refractivity contribution >= 4 is 18.0 Å². The third-order valence-electron chi connectivity index (χ3n) is 9.95. The van der Waals surface area contributed by atoms with Crippen LogP contribution in [0.5, 0.6) is 0 Å². The minimum atomic E-state index is -1.33. The Hall–Kier alpha value is -2.83. The van der Waals surface area contributed by atoms with E-state index in [1.807, 2.05) is 36.9 Å². The van der Waals surface area contributed by atoms with Gasteiger partial charge in [0.15, 0.2) is 12.4 Å². The van der Waals surface area contributed by atoms with Crippen molar-refractivity contribution in [3.8, 4) is 0 Å². The number of fused-ring (bicyclic) bond motifs is 3. The molecule has 0 amide bonds. The van der Waals surface area contributed by atoms with Crippen molar-refractivity contribution in [2.45, 2.75) is 96.3 Å². The molecule has 0 radical (unpaired) electrons. The zero-order chi connectivity index (χ0) is 32.5. The normalized spacial score (nSPS) is 38.3. The number of imidazole rings is 1. The van der Waals surface area contributed by atoms with Crippen LogP contribution in [0.1, 0.15) is 59.6 Å². The summed E-state index contributed by atoms with van der Waals surface area (Å²) in [6.07, 6.45) is 9.70. The topological polar surface area (TPSA) is 139 Å². The van der Waals surface area contributed by atoms with Gasteiger partial charge in [-0.3, -0.25) is 4.79 Å². The van der Waals surface area contributed by atoms with Crippen LogP contribution in [-0.2, 0) is 40.3 Å². The fourth-order valence-electron chi connectivity index (χ4n) is 7.42. The number of hydrogen-bond acceptors (Lipinski definition) is 10. The van der Waals surface area contributed by atoms with Crippen molar-refractivity contribution in [1.29, 1.82) is 0 Å². The minimum Gasteiger partial charge on any atom is -0.456 e. The Bertz CT molecular complexity index is 1300. The molecular formula is C34H48N2O9. The lowest BCUT2D eigenvalue weighted by Crippen LogP contribution is -2.55. The maximum Gasteiger partial charge on any atom is 0.331 e. The Labute approximate surface area is 265 Å². The molecule has 2 N–H and O–H groups in total. The number of aliphatic hydroxyl groups excluding tert-OH is 2. The van der Waals surface area contributed by atoms with Gasteiger partial charge in [-0.1, -0.05) is 37.6 Å². The van der Waals surface area contributed by atoms with Crippen molar-refractivity contribution in [3.05, 3.63) is 48.1 Å². The summed E-state index contributed by atoms with van der Waals surface area (Å²) in [5, 5.41) is 20.7. The molecule has 3 aliphatic heterocycles. The highest BCUT2D eigenvalue weighted by molar-refractivity contribution is 5.86. The standard InChI is InChI=1S/C34H48N2O9/c1-19(2)24-9-7-20(3)25-14-29(44-30(39)10-8-23-15-36(6)18-35-23)34(5)12-11-28(45-34)22(13-26(24)25)16-41-33-32(43-21(4)37)31(40)27(38)17-42-33/h7-8,10-12,15,18-19,22,24-29,31-33,38,40H,9,13-14,16-17H2,1-6H3/b10-8+/t22-,24-,25+,26-,27-,28+,29+,31+,32+,33-,34+/m1/s1. The molecule has 0 spiro atoms. The monoisotopic (exact) mass is 628 g/mol. The molecule has 1 aromatic heterocycles. The molecule has 5 rings (SSSR count). The van der Waals surface area contributed by atoms with Crippen LogP contribution in [0.2, 0.25) is 0 Å². The van der Waals surface area contributed by atoms with Crippen molar-refractivity contribution in [2.24, 2.45) is 36.6 Å². The van der Waals surface area contributed by atoms with Gasteiger partial charge in [0.05, 0.1) is 31.3 Å². The number of esters is 2. The molecule has 2 fully saturated rings. The van der Waals surface area contributed by atoms with Gasteiger partial charge in [-0.2, -0.15) is 0 Å². The average Bonchev–Trinajstić information content (AvgIpc) is 3.60. The summed E-state index contributed by atoms with van der Waals surface area (Å²) in [4.78, 5) is 29.2. The minimum absolute atomic E-state index is 0.105. The summed E-state index contributed by atoms with van der Waals surface area (Å²) in [5.74, 6) is 0.121. The molecule has 11 atom stereocenters. The number of aryl methyl sites for hydroxylation is 1. The highest BCUT2D eigenvalue weighted by Crippen LogP contribution is 2.49. The highest BCUT2D eigenvalue weighted by atomic mass is 16.7. The summed E-state index contributed by atoms with van der Waals surface area (Å²) in [5.41, 5.74) is 1.09. The zero-order valence-electron chi connectivity index (χ0n) is 27.1. The van der Waals surface area contributed by atoms with E-state index in [1.54, 1.807) is 12.4 Å². The lowest BCUT2D eigenvalue weighted by atomic mass is 9.63. The van der Waals surface area contributed by atoms with E-state index in [9.17, 15) is 19.8 Å². The number of ether oxygens (including phenoxy) is 5. The second-order valence-electron chi connectivity index (χ2n) is 13.6. The van der Waals surface area contributed by atoms with Crippen molar-refractivity contribution in [2.75, 3.05) is 13.2 Å². The molecule has 11 heteroatoms. The van der Waals surface area contributed by atoms with Gasteiger partial charge >= 0.3 is 11.9 Å². The molecule has 0 saturated carbocycles.